The van der Waals surface area contributed by atoms with E-state index in [0.717, 1.165) is 22.8 Å². The third-order valence-electron chi connectivity index (χ3n) is 2.54. The van der Waals surface area contributed by atoms with E-state index >= 15 is 0 Å². The van der Waals surface area contributed by atoms with Crippen molar-refractivity contribution in [3.05, 3.63) is 23.8 Å². The molecular weight excluding hydrogens is 262 g/mol. The van der Waals surface area contributed by atoms with Crippen LogP contribution >= 0.6 is 12.2 Å². The van der Waals surface area contributed by atoms with Crippen molar-refractivity contribution in [2.24, 2.45) is 5.10 Å². The van der Waals surface area contributed by atoms with Gasteiger partial charge in [0.2, 0.25) is 6.79 Å². The molecule has 1 aromatic carbocycles. The van der Waals surface area contributed by atoms with E-state index in [1.54, 1.807) is 0 Å². The van der Waals surface area contributed by atoms with Gasteiger partial charge in [0.1, 0.15) is 0 Å². The summed E-state index contributed by atoms with van der Waals surface area (Å²) in [5, 5.41) is 7.81. The Morgan fingerprint density at radius 1 is 1.32 bits per heavy atom. The fourth-order valence-corrected chi connectivity index (χ4v) is 1.90. The van der Waals surface area contributed by atoms with E-state index in [0.29, 0.717) is 5.11 Å². The first-order valence-corrected chi connectivity index (χ1v) is 6.48. The number of ether oxygens (including phenoxy) is 2. The normalized spacial score (nSPS) is 13.6. The van der Waals surface area contributed by atoms with Crippen molar-refractivity contribution in [1.82, 2.24) is 10.7 Å². The van der Waals surface area contributed by atoms with Crippen molar-refractivity contribution >= 4 is 23.0 Å². The van der Waals surface area contributed by atoms with E-state index in [1.165, 1.54) is 0 Å². The average molecular weight is 279 g/mol. The quantitative estimate of drug-likeness (QED) is 0.503. The summed E-state index contributed by atoms with van der Waals surface area (Å²) >= 11 is 5.10. The lowest BCUT2D eigenvalue weighted by Gasteiger charge is -2.10. The van der Waals surface area contributed by atoms with Crippen LogP contribution in [0.3, 0.4) is 0 Å². The molecule has 0 spiro atoms. The first-order valence-electron chi connectivity index (χ1n) is 6.07. The number of nitrogens with one attached hydrogen (secondary N) is 2. The highest BCUT2D eigenvalue weighted by Gasteiger charge is 2.13. The van der Waals surface area contributed by atoms with E-state index in [4.69, 9.17) is 21.7 Å². The molecule has 1 aliphatic rings. The van der Waals surface area contributed by atoms with Gasteiger partial charge in [0.25, 0.3) is 0 Å². The lowest BCUT2D eigenvalue weighted by Crippen LogP contribution is -2.37. The van der Waals surface area contributed by atoms with Crippen LogP contribution in [0.2, 0.25) is 0 Å². The molecule has 1 aliphatic heterocycles. The third kappa shape index (κ3) is 3.57. The fraction of sp³-hybridized carbons (Fsp3) is 0.385. The standard InChI is InChI=1S/C13H17N3O2S/c1-8(2)14-13(19)16-15-9(3)10-4-5-11-12(6-10)18-7-17-11/h4-6,8H,7H2,1-3H3,(H2,14,16,19). The van der Waals surface area contributed by atoms with E-state index in [1.807, 2.05) is 39.0 Å². The van der Waals surface area contributed by atoms with Crippen molar-refractivity contribution in [1.29, 1.82) is 0 Å². The van der Waals surface area contributed by atoms with Crippen LogP contribution in [0.15, 0.2) is 23.3 Å². The second kappa shape index (κ2) is 5.88. The Hall–Kier alpha value is -1.82. The lowest BCUT2D eigenvalue weighted by atomic mass is 10.1. The van der Waals surface area contributed by atoms with Crippen LogP contribution in [0.4, 0.5) is 0 Å². The largest absolute Gasteiger partial charge is 0.454 e. The summed E-state index contributed by atoms with van der Waals surface area (Å²) in [6.45, 7) is 6.21. The van der Waals surface area contributed by atoms with Gasteiger partial charge in [-0.1, -0.05) is 0 Å². The summed E-state index contributed by atoms with van der Waals surface area (Å²) in [6, 6.07) is 6.00. The van der Waals surface area contributed by atoms with Crippen LogP contribution in [0.1, 0.15) is 26.3 Å². The van der Waals surface area contributed by atoms with Crippen LogP contribution in [0.5, 0.6) is 11.5 Å². The number of thiocarbonyl (C=S) groups is 1. The van der Waals surface area contributed by atoms with Crippen LogP contribution in [-0.2, 0) is 0 Å². The zero-order valence-corrected chi connectivity index (χ0v) is 12.0. The van der Waals surface area contributed by atoms with Gasteiger partial charge in [-0.15, -0.1) is 0 Å². The van der Waals surface area contributed by atoms with Gasteiger partial charge in [-0.05, 0) is 51.2 Å². The Morgan fingerprint density at radius 2 is 2.05 bits per heavy atom. The van der Waals surface area contributed by atoms with Crippen LogP contribution in [0.25, 0.3) is 0 Å². The Morgan fingerprint density at radius 3 is 2.79 bits per heavy atom. The Balaban J connectivity index is 2.03. The minimum absolute atomic E-state index is 0.273. The summed E-state index contributed by atoms with van der Waals surface area (Å²) in [5.74, 6) is 1.51. The second-order valence-corrected chi connectivity index (χ2v) is 4.91. The molecule has 2 N–H and O–H groups in total. The third-order valence-corrected chi connectivity index (χ3v) is 2.74. The average Bonchev–Trinajstić information content (AvgIpc) is 2.82. The smallest absolute Gasteiger partial charge is 0.231 e. The highest BCUT2D eigenvalue weighted by Crippen LogP contribution is 2.32. The van der Waals surface area contributed by atoms with Crippen molar-refractivity contribution in [3.8, 4) is 11.5 Å². The first-order chi connectivity index (χ1) is 9.06. The molecule has 1 heterocycles. The maximum absolute atomic E-state index is 5.33. The Labute approximate surface area is 118 Å². The molecular formula is C13H17N3O2S. The van der Waals surface area contributed by atoms with Gasteiger partial charge in [-0.3, -0.25) is 5.43 Å². The number of fused-ring (bicyclic) bond motifs is 1. The second-order valence-electron chi connectivity index (χ2n) is 4.51. The number of hydrogen-bond acceptors (Lipinski definition) is 4. The minimum Gasteiger partial charge on any atom is -0.454 e. The maximum atomic E-state index is 5.33. The van der Waals surface area contributed by atoms with Gasteiger partial charge in [0.05, 0.1) is 5.71 Å². The molecule has 0 unspecified atom stereocenters. The molecule has 0 aliphatic carbocycles. The molecule has 6 heteroatoms. The molecule has 0 amide bonds. The van der Waals surface area contributed by atoms with Crippen molar-refractivity contribution in [2.45, 2.75) is 26.8 Å². The molecule has 5 nitrogen and oxygen atoms in total. The predicted octanol–water partition coefficient (Wildman–Crippen LogP) is 2.01. The molecule has 0 radical (unpaired) electrons. The van der Waals surface area contributed by atoms with Gasteiger partial charge >= 0.3 is 0 Å². The van der Waals surface area contributed by atoms with E-state index in [-0.39, 0.29) is 12.8 Å². The molecule has 1 aromatic rings. The SMILES string of the molecule is CC(=NNC(=S)NC(C)C)c1ccc2c(c1)OCO2. The van der Waals surface area contributed by atoms with Crippen molar-refractivity contribution in [2.75, 3.05) is 6.79 Å². The van der Waals surface area contributed by atoms with Crippen LogP contribution < -0.4 is 20.2 Å². The molecule has 0 atom stereocenters. The molecule has 0 fully saturated rings. The first kappa shape index (κ1) is 13.6. The zero-order valence-electron chi connectivity index (χ0n) is 11.2. The Bertz CT molecular complexity index is 515. The topological polar surface area (TPSA) is 54.9 Å². The van der Waals surface area contributed by atoms with Crippen molar-refractivity contribution in [3.63, 3.8) is 0 Å². The Kier molecular flexibility index (Phi) is 4.21. The van der Waals surface area contributed by atoms with Gasteiger partial charge in [0, 0.05) is 11.6 Å². The summed E-state index contributed by atoms with van der Waals surface area (Å²) in [4.78, 5) is 0. The van der Waals surface area contributed by atoms with Gasteiger partial charge in [-0.2, -0.15) is 5.10 Å². The van der Waals surface area contributed by atoms with E-state index in [2.05, 4.69) is 15.8 Å². The van der Waals surface area contributed by atoms with E-state index in [9.17, 15) is 0 Å². The molecule has 0 saturated carbocycles. The van der Waals surface area contributed by atoms with Crippen LogP contribution in [-0.4, -0.2) is 23.7 Å². The van der Waals surface area contributed by atoms with Gasteiger partial charge in [-0.25, -0.2) is 0 Å². The molecule has 0 aromatic heterocycles. The monoisotopic (exact) mass is 279 g/mol. The molecule has 102 valence electrons. The predicted molar refractivity (Wildman–Crippen MR) is 78.8 cm³/mol. The fourth-order valence-electron chi connectivity index (χ4n) is 1.62. The highest BCUT2D eigenvalue weighted by atomic mass is 32.1. The summed E-state index contributed by atoms with van der Waals surface area (Å²) in [6.07, 6.45) is 0. The lowest BCUT2D eigenvalue weighted by molar-refractivity contribution is 0.174. The molecule has 0 saturated heterocycles. The number of nitrogens with zero attached hydrogens (tertiary/aromatic N) is 1. The minimum atomic E-state index is 0.273. The number of hydrogen-bond donors (Lipinski definition) is 2. The summed E-state index contributed by atoms with van der Waals surface area (Å²) in [5.41, 5.74) is 4.60. The van der Waals surface area contributed by atoms with Gasteiger partial charge in [0.15, 0.2) is 16.6 Å². The number of rotatable bonds is 3. The maximum Gasteiger partial charge on any atom is 0.231 e. The van der Waals surface area contributed by atoms with Crippen LogP contribution in [0, 0.1) is 0 Å². The van der Waals surface area contributed by atoms with Gasteiger partial charge < -0.3 is 14.8 Å². The molecule has 2 rings (SSSR count). The summed E-state index contributed by atoms with van der Waals surface area (Å²) < 4.78 is 10.6. The van der Waals surface area contributed by atoms with Crippen molar-refractivity contribution < 1.29 is 9.47 Å². The highest BCUT2D eigenvalue weighted by molar-refractivity contribution is 7.80. The number of benzene rings is 1. The summed E-state index contributed by atoms with van der Waals surface area (Å²) in [7, 11) is 0. The number of hydrazone groups is 1. The van der Waals surface area contributed by atoms with E-state index < -0.39 is 0 Å². The molecule has 19 heavy (non-hydrogen) atoms. The zero-order chi connectivity index (χ0) is 13.8. The molecule has 0 bridgehead atoms.